The van der Waals surface area contributed by atoms with Gasteiger partial charge in [0.1, 0.15) is 0 Å². The average molecular weight is 208 g/mol. The molecule has 0 aromatic carbocycles. The van der Waals surface area contributed by atoms with Crippen molar-refractivity contribution < 1.29 is 4.74 Å². The molecule has 1 aliphatic heterocycles. The lowest BCUT2D eigenvalue weighted by Gasteiger charge is -2.34. The fourth-order valence-electron chi connectivity index (χ4n) is 4.26. The number of hydrogen-bond acceptors (Lipinski definition) is 1. The van der Waals surface area contributed by atoms with Crippen LogP contribution in [-0.2, 0) is 4.74 Å². The lowest BCUT2D eigenvalue weighted by molar-refractivity contribution is -0.00227. The van der Waals surface area contributed by atoms with Gasteiger partial charge in [-0.15, -0.1) is 0 Å². The van der Waals surface area contributed by atoms with Crippen molar-refractivity contribution in [1.82, 2.24) is 0 Å². The highest BCUT2D eigenvalue weighted by Crippen LogP contribution is 2.49. The Balaban J connectivity index is 1.75. The van der Waals surface area contributed by atoms with E-state index in [2.05, 4.69) is 13.8 Å². The van der Waals surface area contributed by atoms with Crippen LogP contribution in [0, 0.1) is 23.7 Å². The number of rotatable bonds is 0. The van der Waals surface area contributed by atoms with E-state index >= 15 is 0 Å². The molecular weight excluding hydrogens is 184 g/mol. The third kappa shape index (κ3) is 1.73. The van der Waals surface area contributed by atoms with Gasteiger partial charge in [-0.05, 0) is 62.2 Å². The van der Waals surface area contributed by atoms with E-state index in [9.17, 15) is 0 Å². The Bertz CT molecular complexity index is 213. The quantitative estimate of drug-likeness (QED) is 0.590. The molecule has 0 aromatic heterocycles. The van der Waals surface area contributed by atoms with Gasteiger partial charge in [-0.1, -0.05) is 13.8 Å². The Kier molecular flexibility index (Phi) is 2.54. The highest BCUT2D eigenvalue weighted by molar-refractivity contribution is 4.96. The van der Waals surface area contributed by atoms with Crippen LogP contribution in [0.1, 0.15) is 52.4 Å². The fourth-order valence-corrected chi connectivity index (χ4v) is 4.26. The molecule has 0 radical (unpaired) electrons. The van der Waals surface area contributed by atoms with Crippen molar-refractivity contribution in [2.45, 2.75) is 64.6 Å². The van der Waals surface area contributed by atoms with Crippen LogP contribution in [0.3, 0.4) is 0 Å². The van der Waals surface area contributed by atoms with Crippen molar-refractivity contribution in [2.75, 3.05) is 0 Å². The van der Waals surface area contributed by atoms with Crippen molar-refractivity contribution in [1.29, 1.82) is 0 Å². The summed E-state index contributed by atoms with van der Waals surface area (Å²) in [5.74, 6) is 3.74. The second kappa shape index (κ2) is 3.76. The lowest BCUT2D eigenvalue weighted by Crippen LogP contribution is -2.31. The van der Waals surface area contributed by atoms with Crippen molar-refractivity contribution in [3.05, 3.63) is 0 Å². The minimum atomic E-state index is 0.640. The average Bonchev–Trinajstić information content (AvgIpc) is 2.56. The van der Waals surface area contributed by atoms with Crippen LogP contribution in [0.5, 0.6) is 0 Å². The minimum Gasteiger partial charge on any atom is -0.374 e. The van der Waals surface area contributed by atoms with Gasteiger partial charge in [-0.2, -0.15) is 0 Å². The Labute approximate surface area is 93.6 Å². The molecular formula is C14H24O. The standard InChI is InChI=1S/C14H24O/c1-9-3-5-13-11(7-9)12-8-10(2)4-6-14(12)15-13/h9-14H,3-8H2,1-2H3. The van der Waals surface area contributed by atoms with Gasteiger partial charge in [0, 0.05) is 0 Å². The summed E-state index contributed by atoms with van der Waals surface area (Å²) in [5, 5.41) is 0. The van der Waals surface area contributed by atoms with Crippen molar-refractivity contribution in [3.8, 4) is 0 Å². The molecule has 15 heavy (non-hydrogen) atoms. The molecule has 2 saturated carbocycles. The molecule has 3 aliphatic rings. The molecule has 3 fully saturated rings. The third-order valence-electron chi connectivity index (χ3n) is 5.09. The zero-order valence-electron chi connectivity index (χ0n) is 10.1. The molecule has 0 N–H and O–H groups in total. The monoisotopic (exact) mass is 208 g/mol. The molecule has 6 atom stereocenters. The molecule has 1 heteroatoms. The van der Waals surface area contributed by atoms with E-state index in [0.717, 1.165) is 23.7 Å². The van der Waals surface area contributed by atoms with E-state index in [0.29, 0.717) is 12.2 Å². The molecule has 0 spiro atoms. The first kappa shape index (κ1) is 10.1. The fraction of sp³-hybridized carbons (Fsp3) is 1.00. The third-order valence-corrected chi connectivity index (χ3v) is 5.09. The largest absolute Gasteiger partial charge is 0.374 e. The van der Waals surface area contributed by atoms with Crippen LogP contribution in [0.15, 0.2) is 0 Å². The number of ether oxygens (including phenoxy) is 1. The molecule has 3 rings (SSSR count). The summed E-state index contributed by atoms with van der Waals surface area (Å²) in [6, 6.07) is 0. The molecule has 86 valence electrons. The van der Waals surface area contributed by atoms with Gasteiger partial charge in [0.2, 0.25) is 0 Å². The number of hydrogen-bond donors (Lipinski definition) is 0. The van der Waals surface area contributed by atoms with E-state index in [-0.39, 0.29) is 0 Å². The summed E-state index contributed by atoms with van der Waals surface area (Å²) in [4.78, 5) is 0. The molecule has 6 unspecified atom stereocenters. The predicted octanol–water partition coefficient (Wildman–Crippen LogP) is 3.63. The van der Waals surface area contributed by atoms with Crippen molar-refractivity contribution in [2.24, 2.45) is 23.7 Å². The van der Waals surface area contributed by atoms with E-state index in [1.165, 1.54) is 38.5 Å². The summed E-state index contributed by atoms with van der Waals surface area (Å²) in [6.07, 6.45) is 9.65. The van der Waals surface area contributed by atoms with Crippen LogP contribution in [0.25, 0.3) is 0 Å². The van der Waals surface area contributed by atoms with Gasteiger partial charge in [0.25, 0.3) is 0 Å². The zero-order chi connectivity index (χ0) is 10.4. The summed E-state index contributed by atoms with van der Waals surface area (Å²) in [7, 11) is 0. The lowest BCUT2D eigenvalue weighted by atomic mass is 9.69. The Morgan fingerprint density at radius 3 is 1.67 bits per heavy atom. The van der Waals surface area contributed by atoms with E-state index < -0.39 is 0 Å². The highest BCUT2D eigenvalue weighted by atomic mass is 16.5. The van der Waals surface area contributed by atoms with Crippen LogP contribution in [0.4, 0.5) is 0 Å². The molecule has 0 aromatic rings. The van der Waals surface area contributed by atoms with E-state index in [4.69, 9.17) is 4.74 Å². The van der Waals surface area contributed by atoms with Gasteiger partial charge in [0.05, 0.1) is 12.2 Å². The highest BCUT2D eigenvalue weighted by Gasteiger charge is 2.47. The van der Waals surface area contributed by atoms with Crippen molar-refractivity contribution >= 4 is 0 Å². The van der Waals surface area contributed by atoms with Crippen LogP contribution >= 0.6 is 0 Å². The van der Waals surface area contributed by atoms with Crippen molar-refractivity contribution in [3.63, 3.8) is 0 Å². The number of fused-ring (bicyclic) bond motifs is 3. The summed E-state index contributed by atoms with van der Waals surface area (Å²) < 4.78 is 6.27. The molecule has 0 amide bonds. The molecule has 0 bridgehead atoms. The normalized spacial score (nSPS) is 54.8. The smallest absolute Gasteiger partial charge is 0.0611 e. The molecule has 1 heterocycles. The second-order valence-electron chi connectivity index (χ2n) is 6.38. The summed E-state index contributed by atoms with van der Waals surface area (Å²) >= 11 is 0. The van der Waals surface area contributed by atoms with Gasteiger partial charge in [-0.25, -0.2) is 0 Å². The predicted molar refractivity (Wildman–Crippen MR) is 61.7 cm³/mol. The Morgan fingerprint density at radius 1 is 0.733 bits per heavy atom. The van der Waals surface area contributed by atoms with Crippen LogP contribution in [-0.4, -0.2) is 12.2 Å². The minimum absolute atomic E-state index is 0.640. The van der Waals surface area contributed by atoms with Gasteiger partial charge >= 0.3 is 0 Å². The van der Waals surface area contributed by atoms with Gasteiger partial charge in [-0.3, -0.25) is 0 Å². The van der Waals surface area contributed by atoms with E-state index in [1.54, 1.807) is 0 Å². The Hall–Kier alpha value is -0.0400. The van der Waals surface area contributed by atoms with Crippen LogP contribution < -0.4 is 0 Å². The Morgan fingerprint density at radius 2 is 1.20 bits per heavy atom. The summed E-state index contributed by atoms with van der Waals surface area (Å²) in [5.41, 5.74) is 0. The topological polar surface area (TPSA) is 9.23 Å². The van der Waals surface area contributed by atoms with Gasteiger partial charge in [0.15, 0.2) is 0 Å². The van der Waals surface area contributed by atoms with E-state index in [1.807, 2.05) is 0 Å². The molecule has 2 aliphatic carbocycles. The first-order chi connectivity index (χ1) is 7.24. The second-order valence-corrected chi connectivity index (χ2v) is 6.38. The molecule has 1 nitrogen and oxygen atoms in total. The van der Waals surface area contributed by atoms with Crippen LogP contribution in [0.2, 0.25) is 0 Å². The first-order valence-electron chi connectivity index (χ1n) is 6.89. The first-order valence-corrected chi connectivity index (χ1v) is 6.89. The maximum Gasteiger partial charge on any atom is 0.0611 e. The maximum absolute atomic E-state index is 6.27. The summed E-state index contributed by atoms with van der Waals surface area (Å²) in [6.45, 7) is 4.85. The SMILES string of the molecule is CC1CCC2OC3CCC(C)CC3C2C1. The molecule has 1 saturated heterocycles. The maximum atomic E-state index is 6.27. The van der Waals surface area contributed by atoms with Gasteiger partial charge < -0.3 is 4.74 Å². The zero-order valence-corrected chi connectivity index (χ0v) is 10.1.